The van der Waals surface area contributed by atoms with Gasteiger partial charge in [0.2, 0.25) is 0 Å². The molecule has 0 saturated carbocycles. The summed E-state index contributed by atoms with van der Waals surface area (Å²) >= 11 is 11.5. The number of rotatable bonds is 3. The second-order valence-electron chi connectivity index (χ2n) is 5.94. The number of benzene rings is 2. The van der Waals surface area contributed by atoms with Gasteiger partial charge >= 0.3 is 0 Å². The Morgan fingerprint density at radius 1 is 1.00 bits per heavy atom. The molecule has 11 heteroatoms. The summed E-state index contributed by atoms with van der Waals surface area (Å²) in [6, 6.07) is 4.27. The van der Waals surface area contributed by atoms with Crippen LogP contribution >= 0.6 is 23.2 Å². The molecule has 0 saturated heterocycles. The molecule has 0 aliphatic rings. The summed E-state index contributed by atoms with van der Waals surface area (Å²) in [5.74, 6) is -5.24. The van der Waals surface area contributed by atoms with Crippen molar-refractivity contribution in [2.75, 3.05) is 6.26 Å². The number of nitrogens with one attached hydrogen (secondary N) is 2. The first-order chi connectivity index (χ1) is 13.5. The van der Waals surface area contributed by atoms with Crippen molar-refractivity contribution in [3.8, 4) is 0 Å². The number of H-pyrrole nitrogens is 1. The Balaban J connectivity index is 0.000000687. The molecule has 29 heavy (non-hydrogen) atoms. The summed E-state index contributed by atoms with van der Waals surface area (Å²) in [7, 11) is -1.36. The van der Waals surface area contributed by atoms with E-state index in [1.54, 1.807) is 6.92 Å². The molecule has 3 aromatic rings. The van der Waals surface area contributed by atoms with Gasteiger partial charge in [0.1, 0.15) is 5.82 Å². The van der Waals surface area contributed by atoms with E-state index in [0.29, 0.717) is 11.5 Å². The van der Waals surface area contributed by atoms with E-state index in [9.17, 15) is 21.8 Å². The molecule has 0 fully saturated rings. The fraction of sp³-hybridized carbons (Fsp3) is 0.167. The summed E-state index contributed by atoms with van der Waals surface area (Å²) in [5.41, 5.74) is 1.11. The normalized spacial score (nSPS) is 11.0. The zero-order chi connectivity index (χ0) is 21.9. The smallest absolute Gasteiger partial charge is 0.177 e. The highest BCUT2D eigenvalue weighted by molar-refractivity contribution is 7.72. The molecule has 3 rings (SSSR count). The van der Waals surface area contributed by atoms with E-state index in [1.807, 2.05) is 0 Å². The lowest BCUT2D eigenvalue weighted by atomic mass is 9.90. The Morgan fingerprint density at radius 3 is 1.72 bits per heavy atom. The highest BCUT2D eigenvalue weighted by atomic mass is 35.5. The monoisotopic (exact) mass is 466 g/mol. The third-order valence-electron chi connectivity index (χ3n) is 3.67. The highest BCUT2D eigenvalue weighted by Gasteiger charge is 2.25. The third kappa shape index (κ3) is 5.71. The van der Waals surface area contributed by atoms with Crippen LogP contribution in [0.2, 0.25) is 10.0 Å². The van der Waals surface area contributed by atoms with E-state index in [0.717, 1.165) is 12.1 Å². The predicted octanol–water partition coefficient (Wildman–Crippen LogP) is 6.10. The molecule has 0 amide bonds. The van der Waals surface area contributed by atoms with Gasteiger partial charge in [0.05, 0.1) is 16.0 Å². The maximum Gasteiger partial charge on any atom is 0.177 e. The molecule has 0 unspecified atom stereocenters. The number of nitrogens with zero attached hydrogens (tertiary/aromatic N) is 1. The minimum atomic E-state index is -1.36. The zero-order valence-corrected chi connectivity index (χ0v) is 17.3. The van der Waals surface area contributed by atoms with Crippen LogP contribution in [0.15, 0.2) is 30.5 Å². The van der Waals surface area contributed by atoms with Crippen LogP contribution in [-0.2, 0) is 14.8 Å². The summed E-state index contributed by atoms with van der Waals surface area (Å²) < 4.78 is 69.9. The molecule has 1 aromatic heterocycles. The molecule has 0 radical (unpaired) electrons. The molecule has 0 bridgehead atoms. The van der Waals surface area contributed by atoms with Gasteiger partial charge in [-0.3, -0.25) is 0 Å². The molecule has 2 N–H and O–H groups in total. The number of halogens is 6. The maximum absolute atomic E-state index is 13.8. The standard InChI is InChI=1S/C17H10Cl2F4N2.CH4NOS/c1-7-6-24-17(25-7)14(8-2-10(18)15(22)12(20)4-8)9-3-11(19)16(23)13(21)5-9;1-4(2)3/h2-6,14H,1H3,(H,24,25);2H,1H3/q;-1. The van der Waals surface area contributed by atoms with Gasteiger partial charge in [-0.05, 0) is 42.3 Å². The van der Waals surface area contributed by atoms with Crippen molar-refractivity contribution >= 4 is 33.8 Å². The molecular formula is C18H14Cl2F4N3OS-. The Hall–Kier alpha value is -2.10. The first-order valence-corrected chi connectivity index (χ1v) is 10.2. The lowest BCUT2D eigenvalue weighted by molar-refractivity contribution is 0.504. The van der Waals surface area contributed by atoms with E-state index < -0.39 is 49.8 Å². The molecule has 2 aromatic carbocycles. The first kappa shape index (κ1) is 23.2. The second kappa shape index (κ2) is 9.60. The molecule has 1 heterocycles. The van der Waals surface area contributed by atoms with Gasteiger partial charge in [-0.25, -0.2) is 22.5 Å². The van der Waals surface area contributed by atoms with Crippen molar-refractivity contribution in [1.82, 2.24) is 9.97 Å². The predicted molar refractivity (Wildman–Crippen MR) is 104 cm³/mol. The Bertz CT molecular complexity index is 1010. The van der Waals surface area contributed by atoms with Crippen LogP contribution in [0.3, 0.4) is 0 Å². The van der Waals surface area contributed by atoms with Crippen LogP contribution in [0, 0.1) is 35.0 Å². The second-order valence-corrected chi connectivity index (χ2v) is 7.66. The van der Waals surface area contributed by atoms with Crippen molar-refractivity contribution in [3.05, 3.63) is 86.4 Å². The van der Waals surface area contributed by atoms with Gasteiger partial charge < -0.3 is 14.0 Å². The molecule has 0 spiro atoms. The Morgan fingerprint density at radius 2 is 1.41 bits per heavy atom. The number of hydrogen-bond acceptors (Lipinski definition) is 4. The highest BCUT2D eigenvalue weighted by Crippen LogP contribution is 2.35. The molecule has 0 aliphatic carbocycles. The van der Waals surface area contributed by atoms with Crippen molar-refractivity contribution in [1.29, 1.82) is 4.78 Å². The number of aryl methyl sites for hydroxylation is 1. The van der Waals surface area contributed by atoms with Gasteiger partial charge in [0.15, 0.2) is 23.3 Å². The fourth-order valence-electron chi connectivity index (χ4n) is 2.57. The maximum atomic E-state index is 13.8. The van der Waals surface area contributed by atoms with E-state index >= 15 is 0 Å². The Kier molecular flexibility index (Phi) is 7.67. The zero-order valence-electron chi connectivity index (χ0n) is 15.0. The van der Waals surface area contributed by atoms with Crippen molar-refractivity contribution < 1.29 is 21.8 Å². The third-order valence-corrected chi connectivity index (χ3v) is 4.22. The van der Waals surface area contributed by atoms with Gasteiger partial charge in [0, 0.05) is 11.9 Å². The number of aromatic nitrogens is 2. The van der Waals surface area contributed by atoms with Crippen LogP contribution < -0.4 is 0 Å². The molecule has 4 nitrogen and oxygen atoms in total. The average molecular weight is 467 g/mol. The fourth-order valence-corrected chi connectivity index (χ4v) is 3.00. The molecule has 0 aliphatic heterocycles. The SMILES string of the molecule is C[S-](=N)=O.Cc1cnc(C(c2cc(F)c(F)c(Cl)c2)c2cc(F)c(F)c(Cl)c2)[nH]1. The van der Waals surface area contributed by atoms with E-state index in [1.165, 1.54) is 24.6 Å². The van der Waals surface area contributed by atoms with Crippen molar-refractivity contribution in [2.45, 2.75) is 12.8 Å². The van der Waals surface area contributed by atoms with Gasteiger partial charge in [-0.1, -0.05) is 23.2 Å². The lowest BCUT2D eigenvalue weighted by Gasteiger charge is -2.17. The summed E-state index contributed by atoms with van der Waals surface area (Å²) in [4.78, 5) is 7.11. The molecular weight excluding hydrogens is 453 g/mol. The van der Waals surface area contributed by atoms with Crippen LogP contribution in [0.5, 0.6) is 0 Å². The van der Waals surface area contributed by atoms with E-state index in [-0.39, 0.29) is 11.1 Å². The minimum absolute atomic E-state index is 0.209. The van der Waals surface area contributed by atoms with Gasteiger partial charge in [-0.15, -0.1) is 6.26 Å². The lowest BCUT2D eigenvalue weighted by Crippen LogP contribution is -2.08. The largest absolute Gasteiger partial charge is 0.445 e. The Labute approximate surface area is 175 Å². The van der Waals surface area contributed by atoms with Crippen LogP contribution in [0.4, 0.5) is 17.6 Å². The average Bonchev–Trinajstić information content (AvgIpc) is 3.03. The molecule has 0 atom stereocenters. The number of hydrogen-bond donors (Lipinski definition) is 2. The summed E-state index contributed by atoms with van der Waals surface area (Å²) in [6.45, 7) is 1.74. The summed E-state index contributed by atoms with van der Waals surface area (Å²) in [6.07, 6.45) is 2.82. The number of imidazole rings is 1. The minimum Gasteiger partial charge on any atom is -0.445 e. The first-order valence-electron chi connectivity index (χ1n) is 7.86. The summed E-state index contributed by atoms with van der Waals surface area (Å²) in [5, 5.41) is -0.867. The van der Waals surface area contributed by atoms with E-state index in [4.69, 9.17) is 28.0 Å². The van der Waals surface area contributed by atoms with Gasteiger partial charge in [0.25, 0.3) is 0 Å². The van der Waals surface area contributed by atoms with Gasteiger partial charge in [-0.2, -0.15) is 10.6 Å². The quantitative estimate of drug-likeness (QED) is 0.278. The molecule has 156 valence electrons. The van der Waals surface area contributed by atoms with Crippen LogP contribution in [0.25, 0.3) is 0 Å². The van der Waals surface area contributed by atoms with Crippen molar-refractivity contribution in [2.24, 2.45) is 0 Å². The van der Waals surface area contributed by atoms with Crippen molar-refractivity contribution in [3.63, 3.8) is 0 Å². The van der Waals surface area contributed by atoms with Crippen LogP contribution in [-0.4, -0.2) is 16.2 Å². The van der Waals surface area contributed by atoms with Crippen LogP contribution in [0.1, 0.15) is 28.6 Å². The topological polar surface area (TPSA) is 69.6 Å². The van der Waals surface area contributed by atoms with E-state index in [2.05, 4.69) is 9.97 Å². The number of aromatic amines is 1.